The second-order valence-electron chi connectivity index (χ2n) is 2.28. The van der Waals surface area contributed by atoms with Crippen LogP contribution in [0, 0.1) is 0 Å². The maximum absolute atomic E-state index is 11.5. The molecule has 0 radical (unpaired) electrons. The lowest BCUT2D eigenvalue weighted by molar-refractivity contribution is 0.102. The van der Waals surface area contributed by atoms with Gasteiger partial charge in [0.1, 0.15) is 0 Å². The summed E-state index contributed by atoms with van der Waals surface area (Å²) < 4.78 is 1.08. The van der Waals surface area contributed by atoms with Gasteiger partial charge >= 0.3 is 0 Å². The Morgan fingerprint density at radius 3 is 2.80 bits per heavy atom. The first-order valence-corrected chi connectivity index (χ1v) is 6.37. The Morgan fingerprint density at radius 1 is 1.47 bits per heavy atom. The number of halogens is 2. The first-order chi connectivity index (χ1) is 7.15. The minimum atomic E-state index is -0.360. The third-order valence-corrected chi connectivity index (χ3v) is 3.70. The topological polar surface area (TPSA) is 67.8 Å². The van der Waals surface area contributed by atoms with E-state index in [0.29, 0.717) is 5.13 Å². The fourth-order valence-corrected chi connectivity index (χ4v) is 2.59. The highest BCUT2D eigenvalue weighted by atomic mass is 79.9. The van der Waals surface area contributed by atoms with E-state index in [2.05, 4.69) is 36.4 Å². The van der Waals surface area contributed by atoms with Crippen molar-refractivity contribution in [2.24, 2.45) is 0 Å². The molecule has 0 aromatic carbocycles. The number of carbonyl (C=O) groups is 1. The molecule has 1 amide bonds. The van der Waals surface area contributed by atoms with Gasteiger partial charge in [0.25, 0.3) is 5.91 Å². The zero-order valence-corrected chi connectivity index (χ0v) is 10.9. The van der Waals surface area contributed by atoms with Crippen LogP contribution >= 0.6 is 50.2 Å². The van der Waals surface area contributed by atoms with Crippen molar-refractivity contribution in [2.75, 3.05) is 5.32 Å². The number of hydrogen-bond donors (Lipinski definition) is 1. The van der Waals surface area contributed by atoms with Crippen molar-refractivity contribution in [1.29, 1.82) is 0 Å². The van der Waals surface area contributed by atoms with E-state index in [1.165, 1.54) is 11.3 Å². The van der Waals surface area contributed by atoms with Crippen LogP contribution in [0.1, 0.15) is 9.80 Å². The van der Waals surface area contributed by atoms with Crippen LogP contribution in [-0.2, 0) is 0 Å². The van der Waals surface area contributed by atoms with Gasteiger partial charge in [-0.25, -0.2) is 4.98 Å². The molecule has 2 aromatic rings. The Labute approximate surface area is 106 Å². The molecular formula is C6H2BrClN4OS2. The SMILES string of the molecule is O=C(Nc1ncc(Br)s1)c1nnc(Cl)s1. The highest BCUT2D eigenvalue weighted by Gasteiger charge is 2.13. The Hall–Kier alpha value is -0.570. The van der Waals surface area contributed by atoms with E-state index in [4.69, 9.17) is 11.6 Å². The minimum Gasteiger partial charge on any atom is -0.296 e. The monoisotopic (exact) mass is 324 g/mol. The Balaban J connectivity index is 2.10. The van der Waals surface area contributed by atoms with E-state index in [-0.39, 0.29) is 15.4 Å². The van der Waals surface area contributed by atoms with E-state index in [9.17, 15) is 4.79 Å². The maximum Gasteiger partial charge on any atom is 0.288 e. The number of aromatic nitrogens is 3. The molecule has 5 nitrogen and oxygen atoms in total. The van der Waals surface area contributed by atoms with Crippen molar-refractivity contribution in [2.45, 2.75) is 0 Å². The lowest BCUT2D eigenvalue weighted by Gasteiger charge is -1.94. The van der Waals surface area contributed by atoms with Crippen molar-refractivity contribution in [3.63, 3.8) is 0 Å². The van der Waals surface area contributed by atoms with Gasteiger partial charge in [0.15, 0.2) is 5.13 Å². The van der Waals surface area contributed by atoms with Crippen LogP contribution in [0.4, 0.5) is 5.13 Å². The zero-order valence-electron chi connectivity index (χ0n) is 6.90. The number of anilines is 1. The van der Waals surface area contributed by atoms with Gasteiger partial charge < -0.3 is 0 Å². The predicted octanol–water partition coefficient (Wildman–Crippen LogP) is 2.66. The lowest BCUT2D eigenvalue weighted by Crippen LogP contribution is -2.11. The quantitative estimate of drug-likeness (QED) is 0.921. The van der Waals surface area contributed by atoms with E-state index in [1.807, 2.05) is 0 Å². The second kappa shape index (κ2) is 4.52. The van der Waals surface area contributed by atoms with Crippen molar-refractivity contribution in [3.05, 3.63) is 19.5 Å². The molecule has 0 spiro atoms. The largest absolute Gasteiger partial charge is 0.296 e. The fraction of sp³-hybridized carbons (Fsp3) is 0. The molecule has 2 aromatic heterocycles. The molecule has 0 aliphatic rings. The van der Waals surface area contributed by atoms with Crippen LogP contribution in [0.5, 0.6) is 0 Å². The number of carbonyl (C=O) groups excluding carboxylic acids is 1. The predicted molar refractivity (Wildman–Crippen MR) is 62.7 cm³/mol. The molecule has 0 aliphatic heterocycles. The number of amides is 1. The summed E-state index contributed by atoms with van der Waals surface area (Å²) in [6.07, 6.45) is 1.60. The van der Waals surface area contributed by atoms with Crippen LogP contribution in [0.2, 0.25) is 4.47 Å². The normalized spacial score (nSPS) is 10.3. The summed E-state index contributed by atoms with van der Waals surface area (Å²) >= 11 is 11.1. The molecule has 0 saturated carbocycles. The van der Waals surface area contributed by atoms with Crippen LogP contribution < -0.4 is 5.32 Å². The number of rotatable bonds is 2. The van der Waals surface area contributed by atoms with Crippen LogP contribution in [-0.4, -0.2) is 21.1 Å². The third kappa shape index (κ3) is 2.71. The zero-order chi connectivity index (χ0) is 10.8. The molecule has 0 saturated heterocycles. The standard InChI is InChI=1S/C6H2BrClN4OS2/c7-2-1-9-6(14-2)10-3(13)4-11-12-5(8)15-4/h1H,(H,9,10,13). The number of nitrogens with one attached hydrogen (secondary N) is 1. The van der Waals surface area contributed by atoms with Gasteiger partial charge in [0.2, 0.25) is 9.47 Å². The van der Waals surface area contributed by atoms with Gasteiger partial charge in [-0.3, -0.25) is 10.1 Å². The molecule has 0 unspecified atom stereocenters. The Morgan fingerprint density at radius 2 is 2.27 bits per heavy atom. The molecule has 0 aliphatic carbocycles. The Bertz CT molecular complexity index is 499. The number of nitrogens with zero attached hydrogens (tertiary/aromatic N) is 3. The van der Waals surface area contributed by atoms with E-state index in [0.717, 1.165) is 15.1 Å². The van der Waals surface area contributed by atoms with Crippen molar-refractivity contribution >= 4 is 61.2 Å². The van der Waals surface area contributed by atoms with Crippen LogP contribution in [0.3, 0.4) is 0 Å². The first-order valence-electron chi connectivity index (χ1n) is 3.57. The molecule has 1 N–H and O–H groups in total. The average molecular weight is 326 g/mol. The summed E-state index contributed by atoms with van der Waals surface area (Å²) in [5.41, 5.74) is 0. The highest BCUT2D eigenvalue weighted by Crippen LogP contribution is 2.24. The summed E-state index contributed by atoms with van der Waals surface area (Å²) in [4.78, 5) is 15.5. The molecule has 0 atom stereocenters. The lowest BCUT2D eigenvalue weighted by atomic mass is 10.6. The molecule has 0 fully saturated rings. The average Bonchev–Trinajstić information content (AvgIpc) is 2.75. The Kier molecular flexibility index (Phi) is 3.29. The van der Waals surface area contributed by atoms with Crippen molar-refractivity contribution < 1.29 is 4.79 Å². The molecule has 2 heterocycles. The molecule has 78 valence electrons. The van der Waals surface area contributed by atoms with Crippen molar-refractivity contribution in [1.82, 2.24) is 15.2 Å². The summed E-state index contributed by atoms with van der Waals surface area (Å²) in [6, 6.07) is 0. The van der Waals surface area contributed by atoms with Crippen LogP contribution in [0.15, 0.2) is 9.98 Å². The van der Waals surface area contributed by atoms with Gasteiger partial charge in [-0.15, -0.1) is 10.2 Å². The van der Waals surface area contributed by atoms with Gasteiger partial charge in [-0.1, -0.05) is 22.7 Å². The summed E-state index contributed by atoms with van der Waals surface area (Å²) in [7, 11) is 0. The highest BCUT2D eigenvalue weighted by molar-refractivity contribution is 9.11. The number of hydrogen-bond acceptors (Lipinski definition) is 6. The number of thiazole rings is 1. The minimum absolute atomic E-state index is 0.214. The molecule has 0 bridgehead atoms. The fourth-order valence-electron chi connectivity index (χ4n) is 0.760. The van der Waals surface area contributed by atoms with E-state index < -0.39 is 0 Å². The smallest absolute Gasteiger partial charge is 0.288 e. The van der Waals surface area contributed by atoms with Gasteiger partial charge in [-0.05, 0) is 27.5 Å². The van der Waals surface area contributed by atoms with Crippen LogP contribution in [0.25, 0.3) is 0 Å². The van der Waals surface area contributed by atoms with Crippen molar-refractivity contribution in [3.8, 4) is 0 Å². The summed E-state index contributed by atoms with van der Waals surface area (Å²) in [6.45, 7) is 0. The molecule has 15 heavy (non-hydrogen) atoms. The summed E-state index contributed by atoms with van der Waals surface area (Å²) in [5, 5.41) is 10.4. The second-order valence-corrected chi connectivity index (χ2v) is 6.25. The molecule has 2 rings (SSSR count). The van der Waals surface area contributed by atoms with E-state index in [1.54, 1.807) is 6.20 Å². The molecule has 9 heteroatoms. The van der Waals surface area contributed by atoms with Gasteiger partial charge in [0.05, 0.1) is 9.98 Å². The van der Waals surface area contributed by atoms with Gasteiger partial charge in [0, 0.05) is 0 Å². The summed E-state index contributed by atoms with van der Waals surface area (Å²) in [5.74, 6) is -0.360. The first kappa shape index (κ1) is 10.9. The van der Waals surface area contributed by atoms with Gasteiger partial charge in [-0.2, -0.15) is 0 Å². The maximum atomic E-state index is 11.5. The third-order valence-electron chi connectivity index (χ3n) is 1.29. The molecular weight excluding hydrogens is 324 g/mol. The van der Waals surface area contributed by atoms with E-state index >= 15 is 0 Å².